The van der Waals surface area contributed by atoms with Gasteiger partial charge in [-0.05, 0) is 103 Å². The Labute approximate surface area is 327 Å². The molecule has 302 valence electrons. The topological polar surface area (TPSA) is 119 Å². The maximum atomic E-state index is 14.5. The standard InChI is InChI=1S/C33H47FN6O3S.C8H13NO2/c1-23-21-38(33(4)12-16-37(17-13-33)32(41)30-24(2)35-22-36-25(30)3)18-19-40(23)31(27-6-5-7-28(34)20-27)26-10-14-39(15-11-26)44(42,43)29-8-9-29;1-9-5-3-4-7(6-9)8(10)11-2/h5-7,20,22-23,26,29,31H,8-19,21H2,1-4H3;4H,3,5-6H2,1-2H3/t23-,31-;/m1./s1. The van der Waals surface area contributed by atoms with Crippen LogP contribution in [0.1, 0.15) is 92.1 Å². The molecular formula is C41H60FN7O5S. The van der Waals surface area contributed by atoms with Crippen LogP contribution in [0.4, 0.5) is 4.39 Å². The number of methoxy groups -OCH3 is 1. The number of benzene rings is 1. The predicted octanol–water partition coefficient (Wildman–Crippen LogP) is 4.60. The molecule has 0 spiro atoms. The zero-order chi connectivity index (χ0) is 39.5. The summed E-state index contributed by atoms with van der Waals surface area (Å²) in [5, 5.41) is -0.182. The SMILES string of the molecule is COC(=O)C1=CCCN(C)C1.Cc1ncnc(C)c1C(=O)N1CCC(C)(N2CCN([C@@H](c3cccc(F)c3)C3CCN(S(=O)(=O)C4CC4)CC3)[C@H](C)C2)CC1. The van der Waals surface area contributed by atoms with E-state index in [2.05, 4.69) is 43.3 Å². The first-order valence-corrected chi connectivity index (χ1v) is 21.5. The Bertz CT molecular complexity index is 1800. The van der Waals surface area contributed by atoms with Gasteiger partial charge in [0.15, 0.2) is 0 Å². The van der Waals surface area contributed by atoms with Crippen molar-refractivity contribution in [1.82, 2.24) is 33.9 Å². The van der Waals surface area contributed by atoms with E-state index in [4.69, 9.17) is 0 Å². The van der Waals surface area contributed by atoms with E-state index in [-0.39, 0.29) is 46.5 Å². The second-order valence-electron chi connectivity index (χ2n) is 16.5. The van der Waals surface area contributed by atoms with Gasteiger partial charge in [-0.3, -0.25) is 14.6 Å². The Morgan fingerprint density at radius 3 is 2.22 bits per heavy atom. The third-order valence-electron chi connectivity index (χ3n) is 12.6. The molecule has 3 saturated heterocycles. The summed E-state index contributed by atoms with van der Waals surface area (Å²) in [6, 6.07) is 7.29. The Balaban J connectivity index is 0.000000403. The minimum atomic E-state index is -3.18. The predicted molar refractivity (Wildman–Crippen MR) is 210 cm³/mol. The van der Waals surface area contributed by atoms with Gasteiger partial charge in [0.05, 0.1) is 29.3 Å². The van der Waals surface area contributed by atoms with E-state index in [9.17, 15) is 22.4 Å². The number of ether oxygens (including phenoxy) is 1. The molecule has 4 fully saturated rings. The van der Waals surface area contributed by atoms with Gasteiger partial charge >= 0.3 is 5.97 Å². The number of sulfonamides is 1. The first-order valence-electron chi connectivity index (χ1n) is 20.0. The van der Waals surface area contributed by atoms with Crippen molar-refractivity contribution >= 4 is 21.9 Å². The molecule has 5 aliphatic rings. The first kappa shape index (κ1) is 41.3. The van der Waals surface area contributed by atoms with Crippen LogP contribution in [0.3, 0.4) is 0 Å². The van der Waals surface area contributed by atoms with E-state index in [1.165, 1.54) is 19.5 Å². The fraction of sp³-hybridized carbons (Fsp3) is 0.659. The quantitative estimate of drug-likeness (QED) is 0.352. The van der Waals surface area contributed by atoms with Crippen LogP contribution in [-0.2, 0) is 19.6 Å². The van der Waals surface area contributed by atoms with Gasteiger partial charge in [0.2, 0.25) is 10.0 Å². The summed E-state index contributed by atoms with van der Waals surface area (Å²) in [5.41, 5.74) is 3.83. The Morgan fingerprint density at radius 2 is 1.64 bits per heavy atom. The van der Waals surface area contributed by atoms with E-state index in [0.29, 0.717) is 38.3 Å². The number of amides is 1. The lowest BCUT2D eigenvalue weighted by Gasteiger charge is -2.54. The number of halogens is 1. The molecule has 1 amide bonds. The number of esters is 1. The summed E-state index contributed by atoms with van der Waals surface area (Å²) in [6.45, 7) is 15.2. The molecule has 0 unspecified atom stereocenters. The number of piperazine rings is 1. The van der Waals surface area contributed by atoms with Crippen LogP contribution >= 0.6 is 0 Å². The second-order valence-corrected chi connectivity index (χ2v) is 18.7. The summed E-state index contributed by atoms with van der Waals surface area (Å²) < 4.78 is 46.6. The summed E-state index contributed by atoms with van der Waals surface area (Å²) in [6.07, 6.45) is 9.34. The molecular weight excluding hydrogens is 722 g/mol. The Morgan fingerprint density at radius 1 is 0.964 bits per heavy atom. The zero-order valence-electron chi connectivity index (χ0n) is 33.5. The van der Waals surface area contributed by atoms with Crippen LogP contribution < -0.4 is 0 Å². The van der Waals surface area contributed by atoms with Gasteiger partial charge in [-0.1, -0.05) is 18.2 Å². The zero-order valence-corrected chi connectivity index (χ0v) is 34.4. The van der Waals surface area contributed by atoms with Crippen LogP contribution in [0, 0.1) is 25.6 Å². The van der Waals surface area contributed by atoms with E-state index < -0.39 is 10.0 Å². The maximum Gasteiger partial charge on any atom is 0.334 e. The van der Waals surface area contributed by atoms with Gasteiger partial charge in [-0.15, -0.1) is 0 Å². The van der Waals surface area contributed by atoms with Gasteiger partial charge in [-0.25, -0.2) is 31.9 Å². The highest BCUT2D eigenvalue weighted by atomic mass is 32.2. The molecule has 7 rings (SSSR count). The molecule has 4 aliphatic heterocycles. The molecule has 2 atom stereocenters. The number of aryl methyl sites for hydroxylation is 2. The highest BCUT2D eigenvalue weighted by Gasteiger charge is 2.45. The lowest BCUT2D eigenvalue weighted by atomic mass is 9.82. The highest BCUT2D eigenvalue weighted by Crippen LogP contribution is 2.41. The maximum absolute atomic E-state index is 14.5. The molecule has 12 nitrogen and oxygen atoms in total. The molecule has 55 heavy (non-hydrogen) atoms. The molecule has 5 heterocycles. The van der Waals surface area contributed by atoms with Gasteiger partial charge in [0.1, 0.15) is 12.1 Å². The molecule has 1 aromatic carbocycles. The van der Waals surface area contributed by atoms with Gasteiger partial charge in [-0.2, -0.15) is 0 Å². The van der Waals surface area contributed by atoms with Crippen molar-refractivity contribution < 1.29 is 27.1 Å². The lowest BCUT2D eigenvalue weighted by molar-refractivity contribution is -0.136. The summed E-state index contributed by atoms with van der Waals surface area (Å²) in [4.78, 5) is 42.1. The lowest BCUT2D eigenvalue weighted by Crippen LogP contribution is -2.63. The molecule has 0 N–H and O–H groups in total. The smallest absolute Gasteiger partial charge is 0.334 e. The van der Waals surface area contributed by atoms with Crippen LogP contribution in [0.25, 0.3) is 0 Å². The molecule has 2 aromatic rings. The van der Waals surface area contributed by atoms with Crippen molar-refractivity contribution in [3.8, 4) is 0 Å². The third kappa shape index (κ3) is 9.47. The van der Waals surface area contributed by atoms with E-state index in [1.54, 1.807) is 16.4 Å². The fourth-order valence-corrected chi connectivity index (χ4v) is 10.9. The molecule has 1 saturated carbocycles. The van der Waals surface area contributed by atoms with Crippen LogP contribution in [0.2, 0.25) is 0 Å². The van der Waals surface area contributed by atoms with Crippen LogP contribution in [0.5, 0.6) is 0 Å². The number of carbonyl (C=O) groups excluding carboxylic acids is 2. The Hall–Kier alpha value is -3.30. The van der Waals surface area contributed by atoms with Crippen molar-refractivity contribution in [2.24, 2.45) is 5.92 Å². The van der Waals surface area contributed by atoms with Gasteiger partial charge in [0, 0.05) is 82.1 Å². The molecule has 1 aromatic heterocycles. The number of hydrogen-bond donors (Lipinski definition) is 0. The van der Waals surface area contributed by atoms with E-state index in [0.717, 1.165) is 93.6 Å². The first-order chi connectivity index (χ1) is 26.2. The van der Waals surface area contributed by atoms with Crippen molar-refractivity contribution in [2.45, 2.75) is 95.5 Å². The molecule has 14 heteroatoms. The minimum Gasteiger partial charge on any atom is -0.466 e. The number of hydrogen-bond acceptors (Lipinski definition) is 10. The van der Waals surface area contributed by atoms with Crippen molar-refractivity contribution in [2.75, 3.05) is 73.1 Å². The molecule has 0 bridgehead atoms. The summed E-state index contributed by atoms with van der Waals surface area (Å²) >= 11 is 0. The van der Waals surface area contributed by atoms with E-state index >= 15 is 0 Å². The largest absolute Gasteiger partial charge is 0.466 e. The second kappa shape index (κ2) is 17.5. The van der Waals surface area contributed by atoms with E-state index in [1.807, 2.05) is 37.9 Å². The molecule has 0 radical (unpaired) electrons. The third-order valence-corrected chi connectivity index (χ3v) is 15.0. The normalized spacial score (nSPS) is 24.0. The van der Waals surface area contributed by atoms with Crippen molar-refractivity contribution in [3.05, 3.63) is 70.6 Å². The number of piperidine rings is 2. The number of nitrogens with zero attached hydrogens (tertiary/aromatic N) is 7. The number of rotatable bonds is 8. The highest BCUT2D eigenvalue weighted by molar-refractivity contribution is 7.90. The minimum absolute atomic E-state index is 0.00866. The number of likely N-dealkylation sites (tertiary alicyclic amines) is 1. The summed E-state index contributed by atoms with van der Waals surface area (Å²) in [7, 11) is 0.232. The summed E-state index contributed by atoms with van der Waals surface area (Å²) in [5.74, 6) is -0.143. The van der Waals surface area contributed by atoms with Crippen molar-refractivity contribution in [3.63, 3.8) is 0 Å². The average Bonchev–Trinajstić information content (AvgIpc) is 4.03. The number of aromatic nitrogens is 2. The van der Waals surface area contributed by atoms with Crippen LogP contribution in [-0.4, -0.2) is 144 Å². The number of likely N-dealkylation sites (N-methyl/N-ethyl adjacent to an activating group) is 1. The van der Waals surface area contributed by atoms with Gasteiger partial charge in [0.25, 0.3) is 5.91 Å². The fourth-order valence-electron chi connectivity index (χ4n) is 9.06. The average molecular weight is 782 g/mol. The van der Waals surface area contributed by atoms with Gasteiger partial charge < -0.3 is 14.5 Å². The molecule has 1 aliphatic carbocycles. The van der Waals surface area contributed by atoms with Crippen molar-refractivity contribution in [1.29, 1.82) is 0 Å². The van der Waals surface area contributed by atoms with Crippen LogP contribution in [0.15, 0.2) is 42.2 Å². The Kier molecular flexibility index (Phi) is 13.1. The number of carbonyl (C=O) groups is 2. The monoisotopic (exact) mass is 781 g/mol.